The SMILES string of the molecule is CCCNCc1cc(C)nc(OCC2CCCCN2C)c1. The largest absolute Gasteiger partial charge is 0.476 e. The van der Waals surface area contributed by atoms with E-state index in [4.69, 9.17) is 4.74 Å². The van der Waals surface area contributed by atoms with Crippen molar-refractivity contribution < 1.29 is 4.74 Å². The molecular weight excluding hydrogens is 262 g/mol. The van der Waals surface area contributed by atoms with Gasteiger partial charge in [0.1, 0.15) is 6.61 Å². The molecule has 0 aromatic carbocycles. The Kier molecular flexibility index (Phi) is 6.46. The molecule has 0 spiro atoms. The second-order valence-corrected chi connectivity index (χ2v) is 6.07. The Hall–Kier alpha value is -1.13. The summed E-state index contributed by atoms with van der Waals surface area (Å²) < 4.78 is 5.96. The van der Waals surface area contributed by atoms with Crippen molar-refractivity contribution in [1.82, 2.24) is 15.2 Å². The fourth-order valence-corrected chi connectivity index (χ4v) is 2.83. The molecule has 0 radical (unpaired) electrons. The van der Waals surface area contributed by atoms with Gasteiger partial charge in [-0.05, 0) is 58.0 Å². The van der Waals surface area contributed by atoms with E-state index in [-0.39, 0.29) is 0 Å². The van der Waals surface area contributed by atoms with Crippen molar-refractivity contribution in [2.24, 2.45) is 0 Å². The Labute approximate surface area is 128 Å². The number of pyridine rings is 1. The summed E-state index contributed by atoms with van der Waals surface area (Å²) in [5, 5.41) is 3.43. The first-order valence-electron chi connectivity index (χ1n) is 8.20. The van der Waals surface area contributed by atoms with Gasteiger partial charge in [0.05, 0.1) is 0 Å². The molecule has 118 valence electrons. The molecular formula is C17H29N3O. The number of likely N-dealkylation sites (tertiary alicyclic amines) is 1. The number of aromatic nitrogens is 1. The zero-order chi connectivity index (χ0) is 15.1. The number of hydrogen-bond acceptors (Lipinski definition) is 4. The van der Waals surface area contributed by atoms with Crippen molar-refractivity contribution in [1.29, 1.82) is 0 Å². The van der Waals surface area contributed by atoms with Crippen molar-refractivity contribution >= 4 is 0 Å². The Morgan fingerprint density at radius 1 is 1.38 bits per heavy atom. The fraction of sp³-hybridized carbons (Fsp3) is 0.706. The predicted molar refractivity (Wildman–Crippen MR) is 86.7 cm³/mol. The molecule has 1 aromatic heterocycles. The number of piperidine rings is 1. The molecule has 2 rings (SSSR count). The predicted octanol–water partition coefficient (Wildman–Crippen LogP) is 2.75. The zero-order valence-electron chi connectivity index (χ0n) is 13.7. The van der Waals surface area contributed by atoms with E-state index in [0.29, 0.717) is 6.04 Å². The van der Waals surface area contributed by atoms with Gasteiger partial charge in [0.15, 0.2) is 0 Å². The molecule has 1 fully saturated rings. The lowest BCUT2D eigenvalue weighted by Crippen LogP contribution is -2.40. The highest BCUT2D eigenvalue weighted by molar-refractivity contribution is 5.24. The summed E-state index contributed by atoms with van der Waals surface area (Å²) in [6.45, 7) is 8.07. The van der Waals surface area contributed by atoms with Gasteiger partial charge < -0.3 is 15.0 Å². The smallest absolute Gasteiger partial charge is 0.213 e. The van der Waals surface area contributed by atoms with Crippen LogP contribution in [0.4, 0.5) is 0 Å². The third-order valence-electron chi connectivity index (χ3n) is 4.09. The summed E-state index contributed by atoms with van der Waals surface area (Å²) >= 11 is 0. The van der Waals surface area contributed by atoms with Crippen molar-refractivity contribution in [3.63, 3.8) is 0 Å². The molecule has 0 aliphatic carbocycles. The first kappa shape index (κ1) is 16.2. The van der Waals surface area contributed by atoms with Crippen LogP contribution in [0.15, 0.2) is 12.1 Å². The van der Waals surface area contributed by atoms with Gasteiger partial charge in [0.25, 0.3) is 0 Å². The molecule has 1 N–H and O–H groups in total. The van der Waals surface area contributed by atoms with Crippen LogP contribution in [-0.4, -0.2) is 42.7 Å². The third-order valence-corrected chi connectivity index (χ3v) is 4.09. The minimum Gasteiger partial charge on any atom is -0.476 e. The maximum Gasteiger partial charge on any atom is 0.213 e. The summed E-state index contributed by atoms with van der Waals surface area (Å²) in [6.07, 6.45) is 5.00. The molecule has 0 saturated carbocycles. The highest BCUT2D eigenvalue weighted by Crippen LogP contribution is 2.18. The average molecular weight is 291 g/mol. The van der Waals surface area contributed by atoms with Crippen molar-refractivity contribution in [2.75, 3.05) is 26.7 Å². The zero-order valence-corrected chi connectivity index (χ0v) is 13.7. The topological polar surface area (TPSA) is 37.4 Å². The number of nitrogens with one attached hydrogen (secondary N) is 1. The fourth-order valence-electron chi connectivity index (χ4n) is 2.83. The Bertz CT molecular complexity index is 436. The first-order chi connectivity index (χ1) is 10.2. The molecule has 1 unspecified atom stereocenters. The van der Waals surface area contributed by atoms with E-state index in [0.717, 1.165) is 37.7 Å². The number of hydrogen-bond donors (Lipinski definition) is 1. The lowest BCUT2D eigenvalue weighted by molar-refractivity contribution is 0.122. The van der Waals surface area contributed by atoms with Crippen molar-refractivity contribution in [3.8, 4) is 5.88 Å². The maximum absolute atomic E-state index is 5.96. The Balaban J connectivity index is 1.89. The van der Waals surface area contributed by atoms with Gasteiger partial charge in [0, 0.05) is 24.3 Å². The molecule has 4 nitrogen and oxygen atoms in total. The summed E-state index contributed by atoms with van der Waals surface area (Å²) in [5.74, 6) is 0.766. The second kappa shape index (κ2) is 8.35. The van der Waals surface area contributed by atoms with E-state index in [1.54, 1.807) is 0 Å². The molecule has 2 heterocycles. The molecule has 1 aliphatic heterocycles. The highest BCUT2D eigenvalue weighted by atomic mass is 16.5. The minimum atomic E-state index is 0.530. The molecule has 1 atom stereocenters. The minimum absolute atomic E-state index is 0.530. The molecule has 4 heteroatoms. The number of ether oxygens (including phenoxy) is 1. The number of nitrogens with zero attached hydrogens (tertiary/aromatic N) is 2. The lowest BCUT2D eigenvalue weighted by atomic mass is 10.0. The molecule has 1 aliphatic rings. The standard InChI is InChI=1S/C17H29N3O/c1-4-8-18-12-15-10-14(2)19-17(11-15)21-13-16-7-5-6-9-20(16)3/h10-11,16,18H,4-9,12-13H2,1-3H3. The van der Waals surface area contributed by atoms with E-state index in [9.17, 15) is 0 Å². The van der Waals surface area contributed by atoms with Crippen LogP contribution in [0, 0.1) is 6.92 Å². The van der Waals surface area contributed by atoms with Gasteiger partial charge in [-0.3, -0.25) is 0 Å². The van der Waals surface area contributed by atoms with Crippen LogP contribution in [0.25, 0.3) is 0 Å². The quantitative estimate of drug-likeness (QED) is 0.784. The van der Waals surface area contributed by atoms with E-state index >= 15 is 0 Å². The van der Waals surface area contributed by atoms with Crippen LogP contribution >= 0.6 is 0 Å². The summed E-state index contributed by atoms with van der Waals surface area (Å²) in [7, 11) is 2.19. The molecule has 0 bridgehead atoms. The lowest BCUT2D eigenvalue weighted by Gasteiger charge is -2.32. The molecule has 0 amide bonds. The van der Waals surface area contributed by atoms with E-state index in [1.807, 2.05) is 6.92 Å². The Morgan fingerprint density at radius 2 is 2.24 bits per heavy atom. The van der Waals surface area contributed by atoms with Crippen LogP contribution < -0.4 is 10.1 Å². The summed E-state index contributed by atoms with van der Waals surface area (Å²) in [6, 6.07) is 4.73. The molecule has 1 saturated heterocycles. The van der Waals surface area contributed by atoms with Gasteiger partial charge in [0.2, 0.25) is 5.88 Å². The monoisotopic (exact) mass is 291 g/mol. The second-order valence-electron chi connectivity index (χ2n) is 6.07. The van der Waals surface area contributed by atoms with Crippen LogP contribution in [0.5, 0.6) is 5.88 Å². The number of aryl methyl sites for hydroxylation is 1. The van der Waals surface area contributed by atoms with Crippen molar-refractivity contribution in [2.45, 2.75) is 52.1 Å². The van der Waals surface area contributed by atoms with Gasteiger partial charge in [-0.1, -0.05) is 13.3 Å². The van der Waals surface area contributed by atoms with Crippen LogP contribution in [0.2, 0.25) is 0 Å². The van der Waals surface area contributed by atoms with E-state index in [1.165, 1.54) is 31.4 Å². The van der Waals surface area contributed by atoms with Gasteiger partial charge >= 0.3 is 0 Å². The van der Waals surface area contributed by atoms with Gasteiger partial charge in [-0.25, -0.2) is 4.98 Å². The molecule has 1 aromatic rings. The maximum atomic E-state index is 5.96. The molecule has 21 heavy (non-hydrogen) atoms. The van der Waals surface area contributed by atoms with Crippen molar-refractivity contribution in [3.05, 3.63) is 23.4 Å². The number of rotatable bonds is 7. The summed E-state index contributed by atoms with van der Waals surface area (Å²) in [4.78, 5) is 6.91. The Morgan fingerprint density at radius 3 is 3.00 bits per heavy atom. The number of likely N-dealkylation sites (N-methyl/N-ethyl adjacent to an activating group) is 1. The van der Waals surface area contributed by atoms with Crippen LogP contribution in [0.1, 0.15) is 43.9 Å². The van der Waals surface area contributed by atoms with Crippen LogP contribution in [0.3, 0.4) is 0 Å². The van der Waals surface area contributed by atoms with Gasteiger partial charge in [-0.15, -0.1) is 0 Å². The normalized spacial score (nSPS) is 19.7. The van der Waals surface area contributed by atoms with Crippen LogP contribution in [-0.2, 0) is 6.54 Å². The average Bonchev–Trinajstić information content (AvgIpc) is 2.46. The third kappa shape index (κ3) is 5.29. The van der Waals surface area contributed by atoms with Gasteiger partial charge in [-0.2, -0.15) is 0 Å². The van der Waals surface area contributed by atoms with E-state index < -0.39 is 0 Å². The highest BCUT2D eigenvalue weighted by Gasteiger charge is 2.19. The summed E-state index contributed by atoms with van der Waals surface area (Å²) in [5.41, 5.74) is 2.28. The van der Waals surface area contributed by atoms with E-state index in [2.05, 4.69) is 41.3 Å². The first-order valence-corrected chi connectivity index (χ1v) is 8.20.